The Balaban J connectivity index is 1.16. The maximum atomic E-state index is 7.44. The predicted octanol–water partition coefficient (Wildman–Crippen LogP) is 17.4. The first-order valence-electron chi connectivity index (χ1n) is 25.8. The highest BCUT2D eigenvalue weighted by Gasteiger charge is 2.41. The van der Waals surface area contributed by atoms with Crippen LogP contribution >= 0.6 is 0 Å². The van der Waals surface area contributed by atoms with Gasteiger partial charge in [0.25, 0.3) is 0 Å². The summed E-state index contributed by atoms with van der Waals surface area (Å²) in [6, 6.07) is 55.4. The zero-order valence-corrected chi connectivity index (χ0v) is 43.2. The molecule has 2 aliphatic rings. The van der Waals surface area contributed by atoms with Crippen molar-refractivity contribution < 1.29 is 13.3 Å². The number of para-hydroxylation sites is 2. The highest BCUT2D eigenvalue weighted by atomic mass is 16.4. The number of rotatable bonds is 5. The highest BCUT2D eigenvalue weighted by Crippen LogP contribution is 2.52. The fourth-order valence-corrected chi connectivity index (χ4v) is 12.0. The van der Waals surface area contributed by atoms with E-state index in [1.165, 1.54) is 38.6 Å². The molecule has 1 aliphatic carbocycles. The van der Waals surface area contributed by atoms with E-state index in [-0.39, 0.29) is 21.7 Å². The van der Waals surface area contributed by atoms with Crippen molar-refractivity contribution in [2.24, 2.45) is 0 Å². The molecule has 0 amide bonds. The average Bonchev–Trinajstić information content (AvgIpc) is 4.05. The summed E-state index contributed by atoms with van der Waals surface area (Å²) in [6.45, 7) is 23.3. The third-order valence-electron chi connectivity index (χ3n) is 16.3. The second-order valence-electron chi connectivity index (χ2n) is 24.0. The van der Waals surface area contributed by atoms with Crippen LogP contribution in [0.1, 0.15) is 104 Å². The molecule has 0 fully saturated rings. The number of benzene rings is 8. The van der Waals surface area contributed by atoms with Crippen LogP contribution in [0.5, 0.6) is 0 Å². The molecule has 6 heteroatoms. The molecule has 8 aromatic carbocycles. The number of anilines is 5. The maximum Gasteiger partial charge on any atom is 0.203 e. The summed E-state index contributed by atoms with van der Waals surface area (Å²) in [5, 5.41) is 9.47. The number of nitrogens with zero attached hydrogens (tertiary/aromatic N) is 1. The van der Waals surface area contributed by atoms with Gasteiger partial charge in [-0.25, -0.2) is 0 Å². The Morgan fingerprint density at radius 3 is 1.85 bits per heavy atom. The minimum Gasteiger partial charge on any atom is -0.456 e. The van der Waals surface area contributed by atoms with Crippen molar-refractivity contribution in [1.29, 1.82) is 0 Å². The van der Waals surface area contributed by atoms with Crippen molar-refractivity contribution in [2.75, 3.05) is 10.2 Å². The number of nitrogens with one attached hydrogen (secondary N) is 1. The molecule has 0 atom stereocenters. The third kappa shape index (κ3) is 6.89. The summed E-state index contributed by atoms with van der Waals surface area (Å²) in [7, 11) is 0.639. The Morgan fingerprint density at radius 1 is 0.500 bits per heavy atom. The van der Waals surface area contributed by atoms with Crippen molar-refractivity contribution in [2.45, 2.75) is 104 Å². The molecule has 0 unspecified atom stereocenters. The van der Waals surface area contributed by atoms with E-state index in [2.05, 4.69) is 231 Å². The first-order chi connectivity index (χ1) is 34.4. The molecule has 1 N–H and O–H groups in total. The van der Waals surface area contributed by atoms with Gasteiger partial charge in [0, 0.05) is 55.5 Å². The summed E-state index contributed by atoms with van der Waals surface area (Å²) >= 11 is 0. The first kappa shape index (κ1) is 44.5. The van der Waals surface area contributed by atoms with Crippen molar-refractivity contribution in [3.63, 3.8) is 0 Å². The summed E-state index contributed by atoms with van der Waals surface area (Å²) in [6.07, 6.45) is 2.25. The molecule has 356 valence electrons. The summed E-state index contributed by atoms with van der Waals surface area (Å²) in [5.41, 5.74) is 20.4. The Hall–Kier alpha value is -7.44. The molecule has 0 saturated carbocycles. The van der Waals surface area contributed by atoms with Crippen LogP contribution < -0.4 is 21.1 Å². The second-order valence-corrected chi connectivity index (χ2v) is 24.0. The number of hydrogen-bond acceptors (Lipinski definition) is 5. The maximum absolute atomic E-state index is 7.44. The van der Waals surface area contributed by atoms with Crippen LogP contribution in [0.3, 0.4) is 0 Å². The van der Waals surface area contributed by atoms with Gasteiger partial charge in [0.2, 0.25) is 7.28 Å². The molecule has 0 radical (unpaired) electrons. The van der Waals surface area contributed by atoms with Gasteiger partial charge in [-0.1, -0.05) is 160 Å². The number of furan rings is 3. The van der Waals surface area contributed by atoms with Gasteiger partial charge in [-0.15, -0.1) is 0 Å². The fraction of sp³-hybridized carbons (Fsp3) is 0.242. The molecule has 4 heterocycles. The molecule has 0 saturated heterocycles. The lowest BCUT2D eigenvalue weighted by molar-refractivity contribution is 0.332. The van der Waals surface area contributed by atoms with Crippen molar-refractivity contribution in [3.05, 3.63) is 174 Å². The summed E-state index contributed by atoms with van der Waals surface area (Å²) < 4.78 is 21.5. The van der Waals surface area contributed by atoms with E-state index in [1.54, 1.807) is 0 Å². The van der Waals surface area contributed by atoms with Gasteiger partial charge in [-0.05, 0) is 133 Å². The lowest BCUT2D eigenvalue weighted by atomic mass is 9.57. The van der Waals surface area contributed by atoms with E-state index < -0.39 is 0 Å². The molecule has 11 aromatic rings. The quantitative estimate of drug-likeness (QED) is 0.174. The third-order valence-corrected chi connectivity index (χ3v) is 16.3. The largest absolute Gasteiger partial charge is 0.456 e. The van der Waals surface area contributed by atoms with Gasteiger partial charge in [0.05, 0.1) is 11.4 Å². The van der Waals surface area contributed by atoms with E-state index in [0.29, 0.717) is 7.28 Å². The van der Waals surface area contributed by atoms with Gasteiger partial charge in [-0.2, -0.15) is 0 Å². The van der Waals surface area contributed by atoms with Crippen molar-refractivity contribution >= 4 is 102 Å². The van der Waals surface area contributed by atoms with Gasteiger partial charge in [-0.3, -0.25) is 4.90 Å². The van der Waals surface area contributed by atoms with E-state index in [9.17, 15) is 0 Å². The minimum absolute atomic E-state index is 0.0133. The lowest BCUT2D eigenvalue weighted by Gasteiger charge is -2.41. The average molecular weight is 941 g/mol. The second kappa shape index (κ2) is 15.5. The molecular formula is C66H61BN2O3. The van der Waals surface area contributed by atoms with Crippen LogP contribution in [-0.4, -0.2) is 7.28 Å². The van der Waals surface area contributed by atoms with Crippen LogP contribution in [0.25, 0.3) is 77.1 Å². The van der Waals surface area contributed by atoms with Gasteiger partial charge < -0.3 is 18.6 Å². The van der Waals surface area contributed by atoms with E-state index >= 15 is 0 Å². The van der Waals surface area contributed by atoms with Crippen LogP contribution in [0.2, 0.25) is 0 Å². The van der Waals surface area contributed by atoms with E-state index in [4.69, 9.17) is 13.3 Å². The Bertz CT molecular complexity index is 4000. The predicted molar refractivity (Wildman–Crippen MR) is 305 cm³/mol. The zero-order valence-electron chi connectivity index (χ0n) is 43.2. The Kier molecular flexibility index (Phi) is 9.60. The van der Waals surface area contributed by atoms with E-state index in [1.807, 2.05) is 0 Å². The first-order valence-corrected chi connectivity index (χ1v) is 25.8. The van der Waals surface area contributed by atoms with Crippen molar-refractivity contribution in [3.8, 4) is 22.3 Å². The molecule has 72 heavy (non-hydrogen) atoms. The van der Waals surface area contributed by atoms with Crippen molar-refractivity contribution in [1.82, 2.24) is 0 Å². The monoisotopic (exact) mass is 940 g/mol. The van der Waals surface area contributed by atoms with Crippen LogP contribution in [0.15, 0.2) is 165 Å². The van der Waals surface area contributed by atoms with Crippen LogP contribution in [0, 0.1) is 0 Å². The number of hydrogen-bond donors (Lipinski definition) is 1. The number of fused-ring (bicyclic) bond motifs is 11. The molecule has 3 aromatic heterocycles. The van der Waals surface area contributed by atoms with Crippen LogP contribution in [-0.2, 0) is 21.7 Å². The normalized spacial score (nSPS) is 15.3. The SMILES string of the molecule is CC(C)(C)c1ccc(Nc2c(-c3c4c(cc5oc6ccccc6c35)N(c3ccc(C(C)(C)C)cc3-c3ccccc3)c3oc5cc6c(cc5c3B4)C(C)(C)CCC6(C)C)ccc3c2oc2ccccc23)cc1. The topological polar surface area (TPSA) is 54.7 Å². The zero-order chi connectivity index (χ0) is 49.6. The van der Waals surface area contributed by atoms with Gasteiger partial charge >= 0.3 is 0 Å². The minimum atomic E-state index is -0.0789. The van der Waals surface area contributed by atoms with E-state index in [0.717, 1.165) is 113 Å². The smallest absolute Gasteiger partial charge is 0.203 e. The standard InChI is InChI=1S/C66H61BN2O3/c1-63(2,3)39-24-27-41(28-25-39)68-60-45(30-29-43-42-20-14-16-22-52(42)71-61(43)60)57-56-44-21-15-17-23-53(44)70-55(56)37-51-59(57)67-58-47-35-48-49(66(9,10)33-32-65(48,7)8)36-54(47)72-62(58)69(51)50-31-26-40(64(4,5)6)34-46(50)38-18-12-11-13-19-38/h11-31,34-37,67-68H,32-33H2,1-10H3. The summed E-state index contributed by atoms with van der Waals surface area (Å²) in [4.78, 5) is 2.42. The highest BCUT2D eigenvalue weighted by molar-refractivity contribution is 6.76. The fourth-order valence-electron chi connectivity index (χ4n) is 12.0. The Labute approximate surface area is 423 Å². The molecular weight excluding hydrogens is 880 g/mol. The molecule has 1 aliphatic heterocycles. The van der Waals surface area contributed by atoms with Gasteiger partial charge in [0.1, 0.15) is 22.3 Å². The van der Waals surface area contributed by atoms with Gasteiger partial charge in [0.15, 0.2) is 11.5 Å². The Morgan fingerprint density at radius 2 is 1.14 bits per heavy atom. The molecule has 0 spiro atoms. The van der Waals surface area contributed by atoms with Crippen LogP contribution in [0.4, 0.5) is 28.6 Å². The molecule has 0 bridgehead atoms. The lowest BCUT2D eigenvalue weighted by Crippen LogP contribution is -2.40. The summed E-state index contributed by atoms with van der Waals surface area (Å²) in [5.74, 6) is 0.850. The molecule has 5 nitrogen and oxygen atoms in total. The molecule has 13 rings (SSSR count).